The zero-order chi connectivity index (χ0) is 17.9. The molecular weight excluding hydrogens is 332 g/mol. The molecule has 0 radical (unpaired) electrons. The fourth-order valence-corrected chi connectivity index (χ4v) is 2.74. The summed E-state index contributed by atoms with van der Waals surface area (Å²) in [5, 5.41) is 12.1. The maximum Gasteiger partial charge on any atom is 0.256 e. The Labute approximate surface area is 149 Å². The quantitative estimate of drug-likeness (QED) is 0.654. The van der Waals surface area contributed by atoms with Crippen molar-refractivity contribution in [2.75, 3.05) is 10.6 Å². The van der Waals surface area contributed by atoms with Crippen molar-refractivity contribution in [1.29, 1.82) is 0 Å². The Kier molecular flexibility index (Phi) is 4.14. The third kappa shape index (κ3) is 3.44. The second-order valence-corrected chi connectivity index (χ2v) is 6.06. The SMILES string of the molecule is O=C(Nc1ccc(NC(=O)[C@H]2C[C@H]2c2ncn[nH]2)cn1)c1ccccc1. The molecule has 26 heavy (non-hydrogen) atoms. The molecule has 1 aliphatic carbocycles. The van der Waals surface area contributed by atoms with Gasteiger partial charge in [0, 0.05) is 17.4 Å². The second kappa shape index (κ2) is 6.75. The summed E-state index contributed by atoms with van der Waals surface area (Å²) in [4.78, 5) is 32.6. The van der Waals surface area contributed by atoms with Crippen LogP contribution >= 0.6 is 0 Å². The molecule has 8 heteroatoms. The Morgan fingerprint density at radius 1 is 1.04 bits per heavy atom. The molecule has 2 atom stereocenters. The van der Waals surface area contributed by atoms with E-state index in [1.165, 1.54) is 12.5 Å². The number of pyridine rings is 1. The summed E-state index contributed by atoms with van der Waals surface area (Å²) >= 11 is 0. The van der Waals surface area contributed by atoms with Gasteiger partial charge in [-0.1, -0.05) is 18.2 Å². The van der Waals surface area contributed by atoms with Gasteiger partial charge >= 0.3 is 0 Å². The highest BCUT2D eigenvalue weighted by molar-refractivity contribution is 6.03. The molecule has 0 aliphatic heterocycles. The van der Waals surface area contributed by atoms with Crippen molar-refractivity contribution >= 4 is 23.3 Å². The summed E-state index contributed by atoms with van der Waals surface area (Å²) in [6, 6.07) is 12.2. The van der Waals surface area contributed by atoms with E-state index in [0.29, 0.717) is 17.1 Å². The number of aromatic amines is 1. The monoisotopic (exact) mass is 348 g/mol. The molecule has 0 bridgehead atoms. The molecule has 1 aliphatic rings. The Morgan fingerprint density at radius 2 is 1.88 bits per heavy atom. The zero-order valence-electron chi connectivity index (χ0n) is 13.7. The number of H-pyrrole nitrogens is 1. The second-order valence-electron chi connectivity index (χ2n) is 6.06. The maximum absolute atomic E-state index is 12.3. The van der Waals surface area contributed by atoms with Gasteiger partial charge in [-0.05, 0) is 30.7 Å². The normalized spacial score (nSPS) is 18.2. The van der Waals surface area contributed by atoms with Crippen LogP contribution in [-0.4, -0.2) is 32.0 Å². The molecular formula is C18H16N6O2. The van der Waals surface area contributed by atoms with Crippen LogP contribution in [0, 0.1) is 5.92 Å². The standard InChI is InChI=1S/C18H16N6O2/c25-17(11-4-2-1-3-5-11)23-15-7-6-12(9-19-15)22-18(26)14-8-13(14)16-20-10-21-24-16/h1-7,9-10,13-14H,8H2,(H,22,26)(H,19,23,25)(H,20,21,24)/t13-,14+/m1/s1. The number of hydrogen-bond acceptors (Lipinski definition) is 5. The van der Waals surface area contributed by atoms with Crippen molar-refractivity contribution in [1.82, 2.24) is 20.2 Å². The molecule has 3 aromatic rings. The van der Waals surface area contributed by atoms with E-state index in [1.807, 2.05) is 6.07 Å². The predicted octanol–water partition coefficient (Wildman–Crippen LogP) is 2.19. The van der Waals surface area contributed by atoms with Gasteiger partial charge in [-0.25, -0.2) is 9.97 Å². The van der Waals surface area contributed by atoms with Gasteiger partial charge in [0.05, 0.1) is 11.9 Å². The van der Waals surface area contributed by atoms with E-state index < -0.39 is 0 Å². The molecule has 4 rings (SSSR count). The smallest absolute Gasteiger partial charge is 0.256 e. The van der Waals surface area contributed by atoms with Crippen LogP contribution in [0.1, 0.15) is 28.5 Å². The number of carbonyl (C=O) groups is 2. The van der Waals surface area contributed by atoms with E-state index in [9.17, 15) is 9.59 Å². The highest BCUT2D eigenvalue weighted by Gasteiger charge is 2.46. The average molecular weight is 348 g/mol. The van der Waals surface area contributed by atoms with E-state index in [2.05, 4.69) is 30.8 Å². The van der Waals surface area contributed by atoms with Crippen LogP contribution in [0.3, 0.4) is 0 Å². The lowest BCUT2D eigenvalue weighted by Gasteiger charge is -2.07. The third-order valence-electron chi connectivity index (χ3n) is 4.22. The number of rotatable bonds is 5. The number of carbonyl (C=O) groups excluding carboxylic acids is 2. The first-order valence-corrected chi connectivity index (χ1v) is 8.19. The summed E-state index contributed by atoms with van der Waals surface area (Å²) in [6.45, 7) is 0. The Hall–Kier alpha value is -3.55. The fourth-order valence-electron chi connectivity index (χ4n) is 2.74. The summed E-state index contributed by atoms with van der Waals surface area (Å²) < 4.78 is 0. The first-order valence-electron chi connectivity index (χ1n) is 8.19. The Balaban J connectivity index is 1.33. The van der Waals surface area contributed by atoms with Crippen LogP contribution in [0.2, 0.25) is 0 Å². The minimum atomic E-state index is -0.234. The van der Waals surface area contributed by atoms with Crippen LogP contribution < -0.4 is 10.6 Å². The summed E-state index contributed by atoms with van der Waals surface area (Å²) in [6.07, 6.45) is 3.71. The van der Waals surface area contributed by atoms with Crippen LogP contribution in [0.5, 0.6) is 0 Å². The molecule has 2 heterocycles. The van der Waals surface area contributed by atoms with Crippen LogP contribution in [0.25, 0.3) is 0 Å². The van der Waals surface area contributed by atoms with Crippen molar-refractivity contribution in [3.8, 4) is 0 Å². The lowest BCUT2D eigenvalue weighted by Crippen LogP contribution is -2.16. The number of benzene rings is 1. The van der Waals surface area contributed by atoms with E-state index in [0.717, 1.165) is 12.2 Å². The number of hydrogen-bond donors (Lipinski definition) is 3. The van der Waals surface area contributed by atoms with Crippen molar-refractivity contribution in [3.63, 3.8) is 0 Å². The highest BCUT2D eigenvalue weighted by atomic mass is 16.2. The Morgan fingerprint density at radius 3 is 2.58 bits per heavy atom. The van der Waals surface area contributed by atoms with Gasteiger partial charge < -0.3 is 10.6 Å². The largest absolute Gasteiger partial charge is 0.324 e. The molecule has 0 saturated heterocycles. The summed E-state index contributed by atoms with van der Waals surface area (Å²) in [5.74, 6) is 0.831. The maximum atomic E-state index is 12.3. The number of aromatic nitrogens is 4. The van der Waals surface area contributed by atoms with Crippen molar-refractivity contribution in [2.45, 2.75) is 12.3 Å². The van der Waals surface area contributed by atoms with Gasteiger partial charge in [0.25, 0.3) is 5.91 Å². The van der Waals surface area contributed by atoms with Crippen LogP contribution in [0.4, 0.5) is 11.5 Å². The van der Waals surface area contributed by atoms with Gasteiger partial charge in [0.1, 0.15) is 18.0 Å². The first-order chi connectivity index (χ1) is 12.7. The van der Waals surface area contributed by atoms with Crippen molar-refractivity contribution in [2.24, 2.45) is 5.92 Å². The van der Waals surface area contributed by atoms with Gasteiger partial charge in [-0.2, -0.15) is 5.10 Å². The van der Waals surface area contributed by atoms with Crippen molar-refractivity contribution in [3.05, 3.63) is 66.4 Å². The summed E-state index contributed by atoms with van der Waals surface area (Å²) in [5.41, 5.74) is 1.13. The average Bonchev–Trinajstić information content (AvgIpc) is 3.29. The fraction of sp³-hybridized carbons (Fsp3) is 0.167. The molecule has 8 nitrogen and oxygen atoms in total. The predicted molar refractivity (Wildman–Crippen MR) is 94.5 cm³/mol. The molecule has 2 aromatic heterocycles. The molecule has 1 saturated carbocycles. The van der Waals surface area contributed by atoms with Crippen LogP contribution in [-0.2, 0) is 4.79 Å². The Bertz CT molecular complexity index is 909. The van der Waals surface area contributed by atoms with Gasteiger partial charge in [-0.3, -0.25) is 14.7 Å². The molecule has 130 valence electrons. The van der Waals surface area contributed by atoms with Gasteiger partial charge in [-0.15, -0.1) is 0 Å². The number of nitrogens with zero attached hydrogens (tertiary/aromatic N) is 3. The molecule has 1 fully saturated rings. The molecule has 0 spiro atoms. The van der Waals surface area contributed by atoms with Gasteiger partial charge in [0.15, 0.2) is 0 Å². The number of nitrogens with one attached hydrogen (secondary N) is 3. The minimum absolute atomic E-state index is 0.0747. The highest BCUT2D eigenvalue weighted by Crippen LogP contribution is 2.46. The van der Waals surface area contributed by atoms with E-state index >= 15 is 0 Å². The van der Waals surface area contributed by atoms with E-state index in [1.54, 1.807) is 36.4 Å². The van der Waals surface area contributed by atoms with E-state index in [4.69, 9.17) is 0 Å². The van der Waals surface area contributed by atoms with E-state index in [-0.39, 0.29) is 23.7 Å². The van der Waals surface area contributed by atoms with Crippen LogP contribution in [0.15, 0.2) is 55.0 Å². The lowest BCUT2D eigenvalue weighted by molar-refractivity contribution is -0.117. The summed E-state index contributed by atoms with van der Waals surface area (Å²) in [7, 11) is 0. The third-order valence-corrected chi connectivity index (χ3v) is 4.22. The molecule has 1 aromatic carbocycles. The van der Waals surface area contributed by atoms with Crippen molar-refractivity contribution < 1.29 is 9.59 Å². The zero-order valence-corrected chi connectivity index (χ0v) is 13.7. The topological polar surface area (TPSA) is 113 Å². The first kappa shape index (κ1) is 15.9. The lowest BCUT2D eigenvalue weighted by atomic mass is 10.2. The number of anilines is 2. The number of amides is 2. The van der Waals surface area contributed by atoms with Gasteiger partial charge in [0.2, 0.25) is 5.91 Å². The molecule has 2 amide bonds. The minimum Gasteiger partial charge on any atom is -0.324 e. The molecule has 0 unspecified atom stereocenters. The molecule has 3 N–H and O–H groups in total.